The maximum atomic E-state index is 5.01. The number of para-hydroxylation sites is 2. The Kier molecular flexibility index (Phi) is 6.94. The Bertz CT molecular complexity index is 855. The molecule has 4 heteroatoms. The topological polar surface area (TPSA) is 33.1 Å². The standard InChI is InChI=1S/C26H40N4/c1-4-15-27-16-11-25-28-23-9-5-6-10-24(23)30(25)22-12-17-29(18-13-22)20-21-8-7-14-26(2,3)19-21/h5-6,8-10,22,27H,4,7,11-20H2,1-3H3. The van der Waals surface area contributed by atoms with E-state index in [1.54, 1.807) is 5.57 Å². The van der Waals surface area contributed by atoms with Crippen LogP contribution < -0.4 is 5.32 Å². The highest BCUT2D eigenvalue weighted by Gasteiger charge is 2.27. The number of nitrogens with zero attached hydrogens (tertiary/aromatic N) is 3. The molecule has 4 nitrogen and oxygen atoms in total. The van der Waals surface area contributed by atoms with Crippen molar-refractivity contribution in [2.75, 3.05) is 32.7 Å². The minimum atomic E-state index is 0.485. The van der Waals surface area contributed by atoms with Gasteiger partial charge in [-0.2, -0.15) is 0 Å². The second-order valence-corrected chi connectivity index (χ2v) is 10.1. The highest BCUT2D eigenvalue weighted by Crippen LogP contribution is 2.36. The van der Waals surface area contributed by atoms with E-state index in [0.29, 0.717) is 11.5 Å². The van der Waals surface area contributed by atoms with Crippen LogP contribution in [-0.2, 0) is 6.42 Å². The van der Waals surface area contributed by atoms with Gasteiger partial charge in [0, 0.05) is 38.6 Å². The molecule has 0 radical (unpaired) electrons. The first-order valence-electron chi connectivity index (χ1n) is 12.1. The molecule has 0 atom stereocenters. The lowest BCUT2D eigenvalue weighted by Crippen LogP contribution is -2.37. The number of benzene rings is 1. The Morgan fingerprint density at radius 1 is 1.13 bits per heavy atom. The van der Waals surface area contributed by atoms with E-state index in [0.717, 1.165) is 25.0 Å². The van der Waals surface area contributed by atoms with Crippen LogP contribution in [0.4, 0.5) is 0 Å². The van der Waals surface area contributed by atoms with Crippen LogP contribution in [0, 0.1) is 5.41 Å². The van der Waals surface area contributed by atoms with Crippen molar-refractivity contribution in [1.29, 1.82) is 0 Å². The monoisotopic (exact) mass is 408 g/mol. The van der Waals surface area contributed by atoms with Crippen molar-refractivity contribution in [2.24, 2.45) is 5.41 Å². The summed E-state index contributed by atoms with van der Waals surface area (Å²) in [5.41, 5.74) is 4.62. The van der Waals surface area contributed by atoms with Crippen molar-refractivity contribution in [3.63, 3.8) is 0 Å². The van der Waals surface area contributed by atoms with Gasteiger partial charge in [0.05, 0.1) is 11.0 Å². The third-order valence-corrected chi connectivity index (χ3v) is 6.93. The van der Waals surface area contributed by atoms with Gasteiger partial charge in [-0.05, 0) is 62.6 Å². The molecule has 1 N–H and O–H groups in total. The van der Waals surface area contributed by atoms with Gasteiger partial charge in [-0.1, -0.05) is 44.6 Å². The fraction of sp³-hybridized carbons (Fsp3) is 0.654. The molecule has 0 saturated carbocycles. The van der Waals surface area contributed by atoms with Gasteiger partial charge in [-0.3, -0.25) is 4.90 Å². The SMILES string of the molecule is CCCNCCc1nc2ccccc2n1C1CCN(CC2=CCCC(C)(C)C2)CC1. The smallest absolute Gasteiger partial charge is 0.111 e. The number of piperidine rings is 1. The Balaban J connectivity index is 1.42. The van der Waals surface area contributed by atoms with Crippen LogP contribution >= 0.6 is 0 Å². The van der Waals surface area contributed by atoms with Crippen LogP contribution in [0.3, 0.4) is 0 Å². The molecule has 1 aromatic heterocycles. The Labute approximate surface area is 182 Å². The van der Waals surface area contributed by atoms with Gasteiger partial charge in [-0.15, -0.1) is 0 Å². The number of fused-ring (bicyclic) bond motifs is 1. The average Bonchev–Trinajstić information content (AvgIpc) is 3.09. The molecular weight excluding hydrogens is 368 g/mol. The first kappa shape index (κ1) is 21.6. The molecule has 2 aromatic rings. The fourth-order valence-corrected chi connectivity index (χ4v) is 5.37. The summed E-state index contributed by atoms with van der Waals surface area (Å²) >= 11 is 0. The molecule has 0 bridgehead atoms. The van der Waals surface area contributed by atoms with E-state index in [-0.39, 0.29) is 0 Å². The van der Waals surface area contributed by atoms with Crippen LogP contribution in [0.2, 0.25) is 0 Å². The summed E-state index contributed by atoms with van der Waals surface area (Å²) in [5, 5.41) is 3.55. The van der Waals surface area contributed by atoms with E-state index in [1.165, 1.54) is 69.5 Å². The normalized spacial score (nSPS) is 20.6. The second kappa shape index (κ2) is 9.65. The maximum Gasteiger partial charge on any atom is 0.111 e. The van der Waals surface area contributed by atoms with Gasteiger partial charge < -0.3 is 9.88 Å². The Morgan fingerprint density at radius 2 is 1.93 bits per heavy atom. The maximum absolute atomic E-state index is 5.01. The summed E-state index contributed by atoms with van der Waals surface area (Å²) in [7, 11) is 0. The number of rotatable bonds is 8. The number of hydrogen-bond acceptors (Lipinski definition) is 3. The minimum absolute atomic E-state index is 0.485. The van der Waals surface area contributed by atoms with E-state index >= 15 is 0 Å². The van der Waals surface area contributed by atoms with E-state index in [9.17, 15) is 0 Å². The summed E-state index contributed by atoms with van der Waals surface area (Å²) in [4.78, 5) is 7.70. The van der Waals surface area contributed by atoms with Crippen molar-refractivity contribution >= 4 is 11.0 Å². The van der Waals surface area contributed by atoms with Crippen LogP contribution in [0.15, 0.2) is 35.9 Å². The molecule has 0 amide bonds. The molecule has 1 fully saturated rings. The van der Waals surface area contributed by atoms with Crippen LogP contribution in [0.1, 0.15) is 71.2 Å². The highest BCUT2D eigenvalue weighted by molar-refractivity contribution is 5.76. The molecular formula is C26H40N4. The molecule has 1 aliphatic heterocycles. The van der Waals surface area contributed by atoms with Gasteiger partial charge in [0.15, 0.2) is 0 Å². The second-order valence-electron chi connectivity index (χ2n) is 10.1. The van der Waals surface area contributed by atoms with Gasteiger partial charge in [-0.25, -0.2) is 4.98 Å². The van der Waals surface area contributed by atoms with Gasteiger partial charge in [0.25, 0.3) is 0 Å². The van der Waals surface area contributed by atoms with E-state index in [1.807, 2.05) is 0 Å². The predicted molar refractivity (Wildman–Crippen MR) is 127 cm³/mol. The molecule has 164 valence electrons. The van der Waals surface area contributed by atoms with Gasteiger partial charge >= 0.3 is 0 Å². The van der Waals surface area contributed by atoms with Crippen molar-refractivity contribution < 1.29 is 0 Å². The zero-order valence-electron chi connectivity index (χ0n) is 19.3. The number of hydrogen-bond donors (Lipinski definition) is 1. The summed E-state index contributed by atoms with van der Waals surface area (Å²) in [6.45, 7) is 12.7. The molecule has 2 heterocycles. The van der Waals surface area contributed by atoms with Crippen LogP contribution in [-0.4, -0.2) is 47.2 Å². The van der Waals surface area contributed by atoms with Crippen molar-refractivity contribution in [2.45, 2.75) is 71.8 Å². The van der Waals surface area contributed by atoms with Crippen LogP contribution in [0.25, 0.3) is 11.0 Å². The minimum Gasteiger partial charge on any atom is -0.325 e. The third-order valence-electron chi connectivity index (χ3n) is 6.93. The number of nitrogens with one attached hydrogen (secondary N) is 1. The lowest BCUT2D eigenvalue weighted by atomic mass is 9.77. The molecule has 0 spiro atoms. The molecule has 4 rings (SSSR count). The fourth-order valence-electron chi connectivity index (χ4n) is 5.37. The largest absolute Gasteiger partial charge is 0.325 e. The molecule has 30 heavy (non-hydrogen) atoms. The molecule has 1 aromatic carbocycles. The van der Waals surface area contributed by atoms with Crippen LogP contribution in [0.5, 0.6) is 0 Å². The quantitative estimate of drug-likeness (QED) is 0.472. The highest BCUT2D eigenvalue weighted by atomic mass is 15.2. The number of aromatic nitrogens is 2. The summed E-state index contributed by atoms with van der Waals surface area (Å²) in [6.07, 6.45) is 11.0. The number of allylic oxidation sites excluding steroid dienone is 1. The zero-order chi connectivity index (χ0) is 21.0. The predicted octanol–water partition coefficient (Wildman–Crippen LogP) is 5.35. The Morgan fingerprint density at radius 3 is 2.70 bits per heavy atom. The lowest BCUT2D eigenvalue weighted by Gasteiger charge is -2.36. The zero-order valence-corrected chi connectivity index (χ0v) is 19.3. The molecule has 0 unspecified atom stereocenters. The lowest BCUT2D eigenvalue weighted by molar-refractivity contribution is 0.191. The first-order valence-corrected chi connectivity index (χ1v) is 12.1. The van der Waals surface area contributed by atoms with E-state index < -0.39 is 0 Å². The van der Waals surface area contributed by atoms with Crippen molar-refractivity contribution in [3.05, 3.63) is 41.7 Å². The molecule has 2 aliphatic rings. The summed E-state index contributed by atoms with van der Waals surface area (Å²) < 4.78 is 2.57. The number of imidazole rings is 1. The first-order chi connectivity index (χ1) is 14.6. The number of likely N-dealkylation sites (tertiary alicyclic amines) is 1. The van der Waals surface area contributed by atoms with Crippen molar-refractivity contribution in [1.82, 2.24) is 19.8 Å². The molecule has 1 aliphatic carbocycles. The summed E-state index contributed by atoms with van der Waals surface area (Å²) in [5.74, 6) is 1.26. The Hall–Kier alpha value is -1.65. The van der Waals surface area contributed by atoms with Gasteiger partial charge in [0.1, 0.15) is 5.82 Å². The van der Waals surface area contributed by atoms with Crippen molar-refractivity contribution in [3.8, 4) is 0 Å². The third kappa shape index (κ3) is 5.15. The molecule has 1 saturated heterocycles. The summed E-state index contributed by atoms with van der Waals surface area (Å²) in [6, 6.07) is 9.27. The van der Waals surface area contributed by atoms with E-state index in [4.69, 9.17) is 4.98 Å². The average molecular weight is 409 g/mol. The van der Waals surface area contributed by atoms with E-state index in [2.05, 4.69) is 65.9 Å². The van der Waals surface area contributed by atoms with Gasteiger partial charge in [0.2, 0.25) is 0 Å².